The second kappa shape index (κ2) is 29.1. The number of esters is 1. The number of amides is 2. The van der Waals surface area contributed by atoms with Gasteiger partial charge in [0.05, 0.1) is 13.2 Å². The lowest BCUT2D eigenvalue weighted by Gasteiger charge is -2.20. The second-order valence-electron chi connectivity index (χ2n) is 11.3. The Balaban J connectivity index is 2.27. The van der Waals surface area contributed by atoms with Crippen LogP contribution in [-0.2, 0) is 19.1 Å². The van der Waals surface area contributed by atoms with Crippen molar-refractivity contribution in [3.63, 3.8) is 0 Å². The minimum absolute atomic E-state index is 0.0177. The number of aliphatic hydroxyl groups excluding tert-OH is 2. The van der Waals surface area contributed by atoms with Gasteiger partial charge >= 0.3 is 5.97 Å². The number of nitrogens with one attached hydrogen (secondary N) is 2. The highest BCUT2D eigenvalue weighted by Gasteiger charge is 2.24. The molecule has 0 fully saturated rings. The van der Waals surface area contributed by atoms with Gasteiger partial charge in [-0.15, -0.1) is 0 Å². The van der Waals surface area contributed by atoms with Crippen LogP contribution in [0.25, 0.3) is 6.08 Å². The molecule has 9 nitrogen and oxygen atoms in total. The summed E-state index contributed by atoms with van der Waals surface area (Å²) in [6, 6.07) is 2.83. The fourth-order valence-electron chi connectivity index (χ4n) is 4.30. The molecule has 0 spiro atoms. The number of aromatic nitrogens is 1. The van der Waals surface area contributed by atoms with E-state index in [1.54, 1.807) is 18.3 Å². The molecule has 0 saturated carbocycles. The van der Waals surface area contributed by atoms with Crippen molar-refractivity contribution < 1.29 is 29.3 Å². The van der Waals surface area contributed by atoms with Gasteiger partial charge in [-0.25, -0.2) is 4.79 Å². The van der Waals surface area contributed by atoms with E-state index in [2.05, 4.69) is 83.3 Å². The normalized spacial score (nSPS) is 12.9. The molecule has 0 aliphatic rings. The molecule has 48 heavy (non-hydrogen) atoms. The summed E-state index contributed by atoms with van der Waals surface area (Å²) in [6.45, 7) is 3.44. The number of hydrogen-bond acceptors (Lipinski definition) is 7. The number of ether oxygens (including phenoxy) is 1. The van der Waals surface area contributed by atoms with Crippen LogP contribution in [0.15, 0.2) is 85.2 Å². The fourth-order valence-corrected chi connectivity index (χ4v) is 4.30. The largest absolute Gasteiger partial charge is 0.456 e. The van der Waals surface area contributed by atoms with Crippen molar-refractivity contribution in [2.75, 3.05) is 19.8 Å². The molecule has 1 atom stereocenters. The van der Waals surface area contributed by atoms with Gasteiger partial charge in [0.2, 0.25) is 11.8 Å². The first-order valence-electron chi connectivity index (χ1n) is 17.2. The molecule has 1 heterocycles. The predicted molar refractivity (Wildman–Crippen MR) is 194 cm³/mol. The number of nitrogens with zero attached hydrogens (tertiary/aromatic N) is 1. The van der Waals surface area contributed by atoms with Gasteiger partial charge in [0.15, 0.2) is 0 Å². The second-order valence-corrected chi connectivity index (χ2v) is 11.3. The van der Waals surface area contributed by atoms with E-state index in [4.69, 9.17) is 4.74 Å². The zero-order valence-corrected chi connectivity index (χ0v) is 28.9. The summed E-state index contributed by atoms with van der Waals surface area (Å²) in [5.74, 6) is -1.10. The Bertz CT molecular complexity index is 1200. The molecule has 1 rings (SSSR count). The lowest BCUT2D eigenvalue weighted by molar-refractivity contribution is -0.157. The molecule has 4 N–H and O–H groups in total. The maximum Gasteiger partial charge on any atom is 0.329 e. The lowest BCUT2D eigenvalue weighted by Crippen LogP contribution is -2.43. The monoisotopic (exact) mass is 663 g/mol. The van der Waals surface area contributed by atoms with Gasteiger partial charge in [0, 0.05) is 31.3 Å². The third kappa shape index (κ3) is 23.3. The Kier molecular flexibility index (Phi) is 25.4. The van der Waals surface area contributed by atoms with E-state index in [0.717, 1.165) is 56.2 Å². The molecule has 1 unspecified atom stereocenters. The standard InChI is InChI=1S/C39H57N3O6/c1-3-4-5-6-7-8-9-10-11-12-13-14-15-16-17-18-19-25-37(45)40-29-21-20-24-36(39(47)48-35(31-43)32-44)42-38(46)26-22-23-34-28-27-33(2)41-30-34/h4-5,7-8,10-11,13-14,16-17,22-23,27-28,30,35-36,43-44H,3,6,9,12,15,18-21,24-26,29,31-32H2,1-2H3,(H,40,45)(H,42,46)/b5-4-,8-7-,11-10-,14-13-,17-16-,23-22+. The molecule has 264 valence electrons. The van der Waals surface area contributed by atoms with E-state index in [1.165, 1.54) is 0 Å². The number of allylic oxidation sites excluding steroid dienone is 10. The summed E-state index contributed by atoms with van der Waals surface area (Å²) >= 11 is 0. The SMILES string of the molecule is CC/C=C\C/C=C\C/C=C\C/C=C\C/C=C\CCCC(=O)NCCCCC(NC(=O)C/C=C/c1ccc(C)nc1)C(=O)OC(CO)CO. The molecule has 0 bridgehead atoms. The molecule has 0 aliphatic carbocycles. The van der Waals surface area contributed by atoms with Gasteiger partial charge in [-0.2, -0.15) is 0 Å². The van der Waals surface area contributed by atoms with Gasteiger partial charge < -0.3 is 25.6 Å². The molecule has 0 aliphatic heterocycles. The molecule has 9 heteroatoms. The minimum Gasteiger partial charge on any atom is -0.456 e. The molecule has 1 aromatic heterocycles. The van der Waals surface area contributed by atoms with Crippen LogP contribution in [0, 0.1) is 6.92 Å². The van der Waals surface area contributed by atoms with E-state index in [1.807, 2.05) is 19.1 Å². The minimum atomic E-state index is -1.06. The quantitative estimate of drug-likeness (QED) is 0.0513. The molecule has 0 radical (unpaired) electrons. The number of carbonyl (C=O) groups excluding carboxylic acids is 3. The summed E-state index contributed by atoms with van der Waals surface area (Å²) < 4.78 is 5.15. The van der Waals surface area contributed by atoms with Gasteiger partial charge in [0.25, 0.3) is 0 Å². The van der Waals surface area contributed by atoms with E-state index in [0.29, 0.717) is 32.2 Å². The number of pyridine rings is 1. The van der Waals surface area contributed by atoms with Crippen molar-refractivity contribution in [1.29, 1.82) is 0 Å². The van der Waals surface area contributed by atoms with Crippen molar-refractivity contribution >= 4 is 23.9 Å². The molecular weight excluding hydrogens is 606 g/mol. The Morgan fingerprint density at radius 3 is 2.02 bits per heavy atom. The maximum absolute atomic E-state index is 12.7. The van der Waals surface area contributed by atoms with E-state index in [9.17, 15) is 24.6 Å². The van der Waals surface area contributed by atoms with Crippen molar-refractivity contribution in [2.45, 2.75) is 103 Å². The molecule has 2 amide bonds. The van der Waals surface area contributed by atoms with E-state index < -0.39 is 31.3 Å². The number of hydrogen-bond donors (Lipinski definition) is 4. The third-order valence-corrected chi connectivity index (χ3v) is 7.03. The first kappa shape index (κ1) is 41.9. The summed E-state index contributed by atoms with van der Waals surface area (Å²) in [6.07, 6.45) is 34.1. The van der Waals surface area contributed by atoms with Crippen molar-refractivity contribution in [3.05, 3.63) is 96.4 Å². The summed E-state index contributed by atoms with van der Waals surface area (Å²) in [4.78, 5) is 41.6. The van der Waals surface area contributed by atoms with Crippen LogP contribution < -0.4 is 10.6 Å². The maximum atomic E-state index is 12.7. The Labute approximate surface area is 287 Å². The highest BCUT2D eigenvalue weighted by molar-refractivity contribution is 5.85. The zero-order valence-electron chi connectivity index (χ0n) is 28.9. The van der Waals surface area contributed by atoms with Gasteiger partial charge in [-0.05, 0) is 82.8 Å². The van der Waals surface area contributed by atoms with E-state index in [-0.39, 0.29) is 18.2 Å². The van der Waals surface area contributed by atoms with Crippen LogP contribution in [0.4, 0.5) is 0 Å². The van der Waals surface area contributed by atoms with E-state index >= 15 is 0 Å². The fraction of sp³-hybridized carbons (Fsp3) is 0.487. The summed E-state index contributed by atoms with van der Waals surface area (Å²) in [7, 11) is 0. The number of unbranched alkanes of at least 4 members (excludes halogenated alkanes) is 2. The Hall–Kier alpha value is -4.08. The third-order valence-electron chi connectivity index (χ3n) is 7.03. The first-order chi connectivity index (χ1) is 23.4. The average Bonchev–Trinajstić information content (AvgIpc) is 3.08. The van der Waals surface area contributed by atoms with Crippen LogP contribution in [0.3, 0.4) is 0 Å². The highest BCUT2D eigenvalue weighted by Crippen LogP contribution is 2.08. The van der Waals surface area contributed by atoms with Crippen LogP contribution >= 0.6 is 0 Å². The van der Waals surface area contributed by atoms with Crippen molar-refractivity contribution in [1.82, 2.24) is 15.6 Å². The summed E-state index contributed by atoms with van der Waals surface area (Å²) in [5.41, 5.74) is 1.75. The van der Waals surface area contributed by atoms with Gasteiger partial charge in [0.1, 0.15) is 12.1 Å². The van der Waals surface area contributed by atoms with Gasteiger partial charge in [-0.3, -0.25) is 14.6 Å². The number of rotatable bonds is 26. The van der Waals surface area contributed by atoms with Crippen molar-refractivity contribution in [2.24, 2.45) is 0 Å². The number of aryl methyl sites for hydroxylation is 1. The Morgan fingerprint density at radius 2 is 1.44 bits per heavy atom. The highest BCUT2D eigenvalue weighted by atomic mass is 16.6. The molecule has 0 saturated heterocycles. The topological polar surface area (TPSA) is 138 Å². The molecular formula is C39H57N3O6. The number of carbonyl (C=O) groups is 3. The van der Waals surface area contributed by atoms with Crippen LogP contribution in [0.1, 0.15) is 95.2 Å². The first-order valence-corrected chi connectivity index (χ1v) is 17.2. The Morgan fingerprint density at radius 1 is 0.812 bits per heavy atom. The van der Waals surface area contributed by atoms with Crippen LogP contribution in [0.2, 0.25) is 0 Å². The van der Waals surface area contributed by atoms with Crippen molar-refractivity contribution in [3.8, 4) is 0 Å². The molecule has 1 aromatic rings. The smallest absolute Gasteiger partial charge is 0.329 e. The van der Waals surface area contributed by atoms with Crippen LogP contribution in [0.5, 0.6) is 0 Å². The van der Waals surface area contributed by atoms with Crippen LogP contribution in [-0.4, -0.2) is 64.9 Å². The average molecular weight is 664 g/mol. The summed E-state index contributed by atoms with van der Waals surface area (Å²) in [5, 5.41) is 24.2. The zero-order chi connectivity index (χ0) is 35.1. The van der Waals surface area contributed by atoms with Gasteiger partial charge in [-0.1, -0.05) is 85.9 Å². The molecule has 0 aromatic carbocycles. The number of aliphatic hydroxyl groups is 2. The lowest BCUT2D eigenvalue weighted by atomic mass is 10.1. The predicted octanol–water partition coefficient (Wildman–Crippen LogP) is 6.38.